The lowest BCUT2D eigenvalue weighted by atomic mass is 10.2. The lowest BCUT2D eigenvalue weighted by molar-refractivity contribution is 0.0962. The first-order valence-electron chi connectivity index (χ1n) is 4.51. The van der Waals surface area contributed by atoms with Crippen LogP contribution < -0.4 is 5.32 Å². The van der Waals surface area contributed by atoms with Gasteiger partial charge in [-0.2, -0.15) is 0 Å². The highest BCUT2D eigenvalue weighted by atomic mass is 16.1. The molecule has 0 aliphatic heterocycles. The Morgan fingerprint density at radius 3 is 2.86 bits per heavy atom. The monoisotopic (exact) mass is 188 g/mol. The molecule has 14 heavy (non-hydrogen) atoms. The van der Waals surface area contributed by atoms with Crippen LogP contribution in [0.4, 0.5) is 0 Å². The predicted molar refractivity (Wildman–Crippen MR) is 55.5 cm³/mol. The van der Waals surface area contributed by atoms with E-state index in [1.807, 2.05) is 35.9 Å². The largest absolute Gasteiger partial charge is 0.355 e. The molecule has 0 aliphatic carbocycles. The summed E-state index contributed by atoms with van der Waals surface area (Å²) in [4.78, 5) is 11.3. The van der Waals surface area contributed by atoms with Crippen LogP contribution >= 0.6 is 0 Å². The highest BCUT2D eigenvalue weighted by Crippen LogP contribution is 2.10. The Morgan fingerprint density at radius 2 is 2.14 bits per heavy atom. The van der Waals surface area contributed by atoms with Crippen molar-refractivity contribution in [2.24, 2.45) is 0 Å². The number of pyridine rings is 1. The third kappa shape index (κ3) is 1.37. The summed E-state index contributed by atoms with van der Waals surface area (Å²) in [5, 5.41) is 2.60. The molecule has 1 N–H and O–H groups in total. The van der Waals surface area contributed by atoms with Crippen LogP contribution in [0.15, 0.2) is 30.6 Å². The van der Waals surface area contributed by atoms with Gasteiger partial charge in [-0.25, -0.2) is 0 Å². The number of fused-ring (bicyclic) bond motifs is 1. The third-order valence-electron chi connectivity index (χ3n) is 2.22. The predicted octanol–water partition coefficient (Wildman–Crippen LogP) is 1.61. The second kappa shape index (κ2) is 3.18. The summed E-state index contributed by atoms with van der Waals surface area (Å²) in [6.07, 6.45) is 3.84. The van der Waals surface area contributed by atoms with E-state index in [1.165, 1.54) is 5.56 Å². The van der Waals surface area contributed by atoms with Gasteiger partial charge >= 0.3 is 0 Å². The smallest absolute Gasteiger partial charge is 0.252 e. The van der Waals surface area contributed by atoms with Crippen LogP contribution in [-0.2, 0) is 0 Å². The molecule has 3 heteroatoms. The van der Waals surface area contributed by atoms with E-state index in [4.69, 9.17) is 0 Å². The molecule has 0 saturated carbocycles. The molecular weight excluding hydrogens is 176 g/mol. The molecule has 72 valence electrons. The van der Waals surface area contributed by atoms with Crippen molar-refractivity contribution in [1.29, 1.82) is 0 Å². The summed E-state index contributed by atoms with van der Waals surface area (Å²) in [5.41, 5.74) is 2.98. The summed E-state index contributed by atoms with van der Waals surface area (Å²) in [7, 11) is 1.63. The van der Waals surface area contributed by atoms with Gasteiger partial charge in [0, 0.05) is 25.0 Å². The van der Waals surface area contributed by atoms with Crippen molar-refractivity contribution in [1.82, 2.24) is 9.72 Å². The van der Waals surface area contributed by atoms with Gasteiger partial charge in [0.1, 0.15) is 0 Å². The van der Waals surface area contributed by atoms with Crippen LogP contribution in [0.25, 0.3) is 5.52 Å². The van der Waals surface area contributed by atoms with Crippen molar-refractivity contribution < 1.29 is 4.79 Å². The van der Waals surface area contributed by atoms with Gasteiger partial charge in [0.15, 0.2) is 0 Å². The van der Waals surface area contributed by atoms with E-state index in [9.17, 15) is 4.79 Å². The molecule has 0 radical (unpaired) electrons. The minimum atomic E-state index is -0.0572. The molecule has 0 atom stereocenters. The van der Waals surface area contributed by atoms with Crippen LogP contribution in [0.1, 0.15) is 15.9 Å². The number of nitrogens with zero attached hydrogens (tertiary/aromatic N) is 1. The molecule has 3 nitrogen and oxygen atoms in total. The molecular formula is C11H12N2O. The van der Waals surface area contributed by atoms with Crippen molar-refractivity contribution in [2.45, 2.75) is 6.92 Å². The number of carbonyl (C=O) groups is 1. The van der Waals surface area contributed by atoms with Gasteiger partial charge in [0.05, 0.1) is 5.56 Å². The second-order valence-electron chi connectivity index (χ2n) is 3.35. The van der Waals surface area contributed by atoms with Crippen LogP contribution in [0.3, 0.4) is 0 Å². The number of hydrogen-bond acceptors (Lipinski definition) is 1. The van der Waals surface area contributed by atoms with Gasteiger partial charge in [-0.05, 0) is 30.7 Å². The summed E-state index contributed by atoms with van der Waals surface area (Å²) < 4.78 is 1.96. The molecule has 0 spiro atoms. The number of carbonyl (C=O) groups excluding carboxylic acids is 1. The van der Waals surface area contributed by atoms with Crippen LogP contribution in [0.2, 0.25) is 0 Å². The standard InChI is InChI=1S/C11H12N2O/c1-8-5-10-4-3-9(11(14)12-2)7-13(10)6-8/h3-7H,1-2H3,(H,12,14). The number of nitrogens with one attached hydrogen (secondary N) is 1. The maximum Gasteiger partial charge on any atom is 0.252 e. The van der Waals surface area contributed by atoms with Gasteiger partial charge in [-0.1, -0.05) is 0 Å². The van der Waals surface area contributed by atoms with Gasteiger partial charge < -0.3 is 9.72 Å². The maximum absolute atomic E-state index is 11.3. The van der Waals surface area contributed by atoms with Gasteiger partial charge in [-0.3, -0.25) is 4.79 Å². The molecule has 2 aromatic heterocycles. The molecule has 0 bridgehead atoms. The summed E-state index contributed by atoms with van der Waals surface area (Å²) in [6, 6.07) is 5.85. The van der Waals surface area contributed by atoms with E-state index in [0.29, 0.717) is 5.56 Å². The number of amides is 1. The van der Waals surface area contributed by atoms with E-state index in [1.54, 1.807) is 7.05 Å². The fourth-order valence-corrected chi connectivity index (χ4v) is 1.53. The van der Waals surface area contributed by atoms with E-state index in [2.05, 4.69) is 11.4 Å². The minimum absolute atomic E-state index is 0.0572. The Hall–Kier alpha value is -1.77. The Morgan fingerprint density at radius 1 is 1.36 bits per heavy atom. The van der Waals surface area contributed by atoms with E-state index in [-0.39, 0.29) is 5.91 Å². The zero-order valence-electron chi connectivity index (χ0n) is 8.24. The lowest BCUT2D eigenvalue weighted by Crippen LogP contribution is -2.17. The van der Waals surface area contributed by atoms with Crippen molar-refractivity contribution in [3.63, 3.8) is 0 Å². The molecule has 2 heterocycles. The fourth-order valence-electron chi connectivity index (χ4n) is 1.53. The first-order valence-corrected chi connectivity index (χ1v) is 4.51. The Balaban J connectivity index is 2.55. The van der Waals surface area contributed by atoms with E-state index in [0.717, 1.165) is 5.52 Å². The quantitative estimate of drug-likeness (QED) is 0.724. The first-order chi connectivity index (χ1) is 6.70. The fraction of sp³-hybridized carbons (Fsp3) is 0.182. The van der Waals surface area contributed by atoms with Crippen molar-refractivity contribution in [3.05, 3.63) is 41.7 Å². The molecule has 2 rings (SSSR count). The highest BCUT2D eigenvalue weighted by Gasteiger charge is 2.03. The normalized spacial score (nSPS) is 10.4. The molecule has 0 unspecified atom stereocenters. The average Bonchev–Trinajstić information content (AvgIpc) is 2.55. The highest BCUT2D eigenvalue weighted by molar-refractivity contribution is 5.94. The summed E-state index contributed by atoms with van der Waals surface area (Å²) in [6.45, 7) is 2.03. The zero-order chi connectivity index (χ0) is 10.1. The Bertz CT molecular complexity index is 485. The zero-order valence-corrected chi connectivity index (χ0v) is 8.24. The second-order valence-corrected chi connectivity index (χ2v) is 3.35. The van der Waals surface area contributed by atoms with Crippen molar-refractivity contribution in [2.75, 3.05) is 7.05 Å². The number of aromatic nitrogens is 1. The molecule has 0 fully saturated rings. The maximum atomic E-state index is 11.3. The number of rotatable bonds is 1. The molecule has 0 aromatic carbocycles. The molecule has 0 saturated heterocycles. The van der Waals surface area contributed by atoms with Crippen LogP contribution in [0, 0.1) is 6.92 Å². The summed E-state index contributed by atoms with van der Waals surface area (Å²) >= 11 is 0. The first kappa shape index (κ1) is 8.81. The van der Waals surface area contributed by atoms with Gasteiger partial charge in [0.2, 0.25) is 0 Å². The van der Waals surface area contributed by atoms with Gasteiger partial charge in [0.25, 0.3) is 5.91 Å². The SMILES string of the molecule is CNC(=O)c1ccc2cc(C)cn2c1. The van der Waals surface area contributed by atoms with Gasteiger partial charge in [-0.15, -0.1) is 0 Å². The Kier molecular flexibility index (Phi) is 2.00. The third-order valence-corrected chi connectivity index (χ3v) is 2.22. The van der Waals surface area contributed by atoms with Crippen LogP contribution in [-0.4, -0.2) is 17.4 Å². The van der Waals surface area contributed by atoms with E-state index >= 15 is 0 Å². The topological polar surface area (TPSA) is 33.5 Å². The summed E-state index contributed by atoms with van der Waals surface area (Å²) in [5.74, 6) is -0.0572. The van der Waals surface area contributed by atoms with Crippen LogP contribution in [0.5, 0.6) is 0 Å². The van der Waals surface area contributed by atoms with E-state index < -0.39 is 0 Å². The Labute approximate surface area is 82.4 Å². The molecule has 0 aliphatic rings. The molecule has 1 amide bonds. The lowest BCUT2D eigenvalue weighted by Gasteiger charge is -2.00. The number of aryl methyl sites for hydroxylation is 1. The average molecular weight is 188 g/mol. The van der Waals surface area contributed by atoms with Crippen molar-refractivity contribution in [3.8, 4) is 0 Å². The molecule has 2 aromatic rings. The number of hydrogen-bond donors (Lipinski definition) is 1. The van der Waals surface area contributed by atoms with Crippen molar-refractivity contribution >= 4 is 11.4 Å². The minimum Gasteiger partial charge on any atom is -0.355 e.